The van der Waals surface area contributed by atoms with Gasteiger partial charge in [-0.2, -0.15) is 5.26 Å². The summed E-state index contributed by atoms with van der Waals surface area (Å²) in [6.07, 6.45) is 1.77. The second-order valence-electron chi connectivity index (χ2n) is 10.4. The van der Waals surface area contributed by atoms with E-state index in [1.807, 2.05) is 84.9 Å². The van der Waals surface area contributed by atoms with Crippen LogP contribution in [-0.2, 0) is 0 Å². The van der Waals surface area contributed by atoms with Gasteiger partial charge >= 0.3 is 0 Å². The summed E-state index contributed by atoms with van der Waals surface area (Å²) in [4.78, 5) is 12.8. The number of anilines is 2. The van der Waals surface area contributed by atoms with Crippen LogP contribution in [0.4, 0.5) is 17.1 Å². The number of rotatable bonds is 5. The lowest BCUT2D eigenvalue weighted by Crippen LogP contribution is -2.26. The third kappa shape index (κ3) is 4.50. The Labute approximate surface area is 249 Å². The highest BCUT2D eigenvalue weighted by atomic mass is 16.5. The summed E-state index contributed by atoms with van der Waals surface area (Å²) >= 11 is 0. The van der Waals surface area contributed by atoms with Crippen molar-refractivity contribution in [3.05, 3.63) is 138 Å². The first kappa shape index (κ1) is 25.9. The Bertz CT molecular complexity index is 2130. The number of para-hydroxylation sites is 1. The molecule has 206 valence electrons. The van der Waals surface area contributed by atoms with Crippen molar-refractivity contribution in [2.45, 2.75) is 13.8 Å². The molecule has 7 rings (SSSR count). The number of pyridine rings is 1. The van der Waals surface area contributed by atoms with Gasteiger partial charge in [0.1, 0.15) is 17.3 Å². The molecule has 6 aromatic rings. The van der Waals surface area contributed by atoms with E-state index < -0.39 is 0 Å². The average Bonchev–Trinajstić information content (AvgIpc) is 3.54. The highest BCUT2D eigenvalue weighted by Crippen LogP contribution is 2.39. The SMILES string of the molecule is [C-]#[N+]c1cc(Oc2ccc3c4cc(C#N)ccc4n(-c4ccccn4)c3c2)cc(N2CN(c3ccccc3)C(C)=C2C)c1. The number of fused-ring (bicyclic) bond motifs is 3. The number of hydrogen-bond donors (Lipinski definition) is 0. The zero-order valence-electron chi connectivity index (χ0n) is 23.7. The molecule has 0 bridgehead atoms. The van der Waals surface area contributed by atoms with Gasteiger partial charge in [-0.3, -0.25) is 4.57 Å². The maximum Gasteiger partial charge on any atom is 0.192 e. The van der Waals surface area contributed by atoms with Crippen molar-refractivity contribution in [1.82, 2.24) is 9.55 Å². The Morgan fingerprint density at radius 3 is 2.30 bits per heavy atom. The zero-order chi connectivity index (χ0) is 29.5. The van der Waals surface area contributed by atoms with Crippen molar-refractivity contribution in [2.75, 3.05) is 16.5 Å². The Morgan fingerprint density at radius 2 is 1.56 bits per heavy atom. The van der Waals surface area contributed by atoms with E-state index >= 15 is 0 Å². The molecule has 7 nitrogen and oxygen atoms in total. The molecule has 1 aliphatic rings. The Hall–Kier alpha value is -6.05. The molecule has 0 atom stereocenters. The molecule has 0 spiro atoms. The third-order valence-corrected chi connectivity index (χ3v) is 7.98. The number of aromatic nitrogens is 2. The van der Waals surface area contributed by atoms with E-state index in [1.165, 1.54) is 0 Å². The minimum Gasteiger partial charge on any atom is -0.459 e. The summed E-state index contributed by atoms with van der Waals surface area (Å²) in [7, 11) is 0. The van der Waals surface area contributed by atoms with Crippen molar-refractivity contribution in [1.29, 1.82) is 5.26 Å². The average molecular weight is 559 g/mol. The fourth-order valence-electron chi connectivity index (χ4n) is 5.75. The zero-order valence-corrected chi connectivity index (χ0v) is 23.7. The van der Waals surface area contributed by atoms with Gasteiger partial charge < -0.3 is 14.5 Å². The number of ether oxygens (including phenoxy) is 1. The third-order valence-electron chi connectivity index (χ3n) is 7.98. The maximum atomic E-state index is 9.53. The van der Waals surface area contributed by atoms with Gasteiger partial charge in [0, 0.05) is 51.9 Å². The van der Waals surface area contributed by atoms with Gasteiger partial charge in [0.15, 0.2) is 5.69 Å². The van der Waals surface area contributed by atoms with Crippen molar-refractivity contribution in [2.24, 2.45) is 0 Å². The summed E-state index contributed by atoms with van der Waals surface area (Å²) in [5.74, 6) is 1.99. The van der Waals surface area contributed by atoms with Gasteiger partial charge in [-0.25, -0.2) is 9.83 Å². The second-order valence-corrected chi connectivity index (χ2v) is 10.4. The molecule has 43 heavy (non-hydrogen) atoms. The van der Waals surface area contributed by atoms with Gasteiger partial charge in [0.25, 0.3) is 0 Å². The molecule has 0 unspecified atom stereocenters. The highest BCUT2D eigenvalue weighted by molar-refractivity contribution is 6.09. The van der Waals surface area contributed by atoms with Crippen molar-refractivity contribution >= 4 is 38.9 Å². The number of benzene rings is 4. The first-order valence-corrected chi connectivity index (χ1v) is 13.9. The first-order valence-electron chi connectivity index (χ1n) is 13.9. The molecule has 7 heteroatoms. The van der Waals surface area contributed by atoms with Crippen LogP contribution in [0.5, 0.6) is 11.5 Å². The minimum absolute atomic E-state index is 0.504. The summed E-state index contributed by atoms with van der Waals surface area (Å²) in [5.41, 5.74) is 7.27. The number of nitriles is 1. The lowest BCUT2D eigenvalue weighted by molar-refractivity contribution is 0.483. The minimum atomic E-state index is 0.504. The first-order chi connectivity index (χ1) is 21.0. The maximum absolute atomic E-state index is 9.53. The fraction of sp³-hybridized carbons (Fsp3) is 0.0833. The molecule has 2 aromatic heterocycles. The molecule has 0 aliphatic carbocycles. The molecular formula is C36H26N6O. The van der Waals surface area contributed by atoms with Crippen LogP contribution in [0.2, 0.25) is 0 Å². The summed E-state index contributed by atoms with van der Waals surface area (Å²) < 4.78 is 8.53. The molecule has 0 N–H and O–H groups in total. The molecule has 4 aromatic carbocycles. The van der Waals surface area contributed by atoms with Crippen LogP contribution < -0.4 is 14.5 Å². The van der Waals surface area contributed by atoms with Gasteiger partial charge in [-0.1, -0.05) is 24.3 Å². The molecule has 1 aliphatic heterocycles. The molecule has 3 heterocycles. The van der Waals surface area contributed by atoms with E-state index in [0.29, 0.717) is 29.4 Å². The van der Waals surface area contributed by atoms with Gasteiger partial charge in [-0.15, -0.1) is 0 Å². The lowest BCUT2D eigenvalue weighted by atomic mass is 10.1. The van der Waals surface area contributed by atoms with E-state index in [4.69, 9.17) is 11.3 Å². The van der Waals surface area contributed by atoms with E-state index in [1.54, 1.807) is 12.3 Å². The highest BCUT2D eigenvalue weighted by Gasteiger charge is 2.26. The standard InChI is InChI=1S/C36H26N6O/c1-24-25(2)41(23-40(24)28-9-5-4-6-10-28)29-18-27(38-3)19-31(20-29)43-30-13-14-32-33-17-26(22-37)12-15-34(33)42(35(32)21-30)36-11-7-8-16-39-36/h4-21H,23H2,1-2H3. The van der Waals surface area contributed by atoms with Crippen LogP contribution in [0.3, 0.4) is 0 Å². The monoisotopic (exact) mass is 558 g/mol. The predicted molar refractivity (Wildman–Crippen MR) is 171 cm³/mol. The smallest absolute Gasteiger partial charge is 0.192 e. The second kappa shape index (κ2) is 10.4. The molecule has 0 amide bonds. The van der Waals surface area contributed by atoms with Crippen molar-refractivity contribution in [3.63, 3.8) is 0 Å². The normalized spacial score (nSPS) is 13.0. The fourth-order valence-corrected chi connectivity index (χ4v) is 5.75. The number of allylic oxidation sites excluding steroid dienone is 2. The Morgan fingerprint density at radius 1 is 0.767 bits per heavy atom. The van der Waals surface area contributed by atoms with E-state index in [-0.39, 0.29) is 0 Å². The van der Waals surface area contributed by atoms with E-state index in [2.05, 4.69) is 56.2 Å². The number of nitrogens with zero attached hydrogens (tertiary/aromatic N) is 6. The van der Waals surface area contributed by atoms with Crippen LogP contribution in [0, 0.1) is 17.9 Å². The van der Waals surface area contributed by atoms with Crippen LogP contribution in [0.1, 0.15) is 19.4 Å². The van der Waals surface area contributed by atoms with E-state index in [0.717, 1.165) is 50.4 Å². The molecule has 0 radical (unpaired) electrons. The van der Waals surface area contributed by atoms with Gasteiger partial charge in [-0.05, 0) is 80.6 Å². The molecule has 0 saturated carbocycles. The van der Waals surface area contributed by atoms with Crippen LogP contribution in [0.15, 0.2) is 121 Å². The molecular weight excluding hydrogens is 532 g/mol. The van der Waals surface area contributed by atoms with Gasteiger partial charge in [0.05, 0.1) is 35.9 Å². The summed E-state index contributed by atoms with van der Waals surface area (Å²) in [6.45, 7) is 12.6. The van der Waals surface area contributed by atoms with Crippen molar-refractivity contribution < 1.29 is 4.74 Å². The van der Waals surface area contributed by atoms with Crippen LogP contribution in [-0.4, -0.2) is 16.2 Å². The van der Waals surface area contributed by atoms with E-state index in [9.17, 15) is 5.26 Å². The Kier molecular flexibility index (Phi) is 6.27. The Balaban J connectivity index is 1.29. The topological polar surface area (TPSA) is 61.7 Å². The summed E-state index contributed by atoms with van der Waals surface area (Å²) in [5, 5.41) is 11.5. The molecule has 0 fully saturated rings. The molecule has 0 saturated heterocycles. The van der Waals surface area contributed by atoms with Crippen molar-refractivity contribution in [3.8, 4) is 23.4 Å². The lowest BCUT2D eigenvalue weighted by Gasteiger charge is -2.24. The van der Waals surface area contributed by atoms with Crippen LogP contribution >= 0.6 is 0 Å². The van der Waals surface area contributed by atoms with Crippen LogP contribution in [0.25, 0.3) is 32.5 Å². The summed E-state index contributed by atoms with van der Waals surface area (Å²) in [6, 6.07) is 35.6. The largest absolute Gasteiger partial charge is 0.459 e. The quantitative estimate of drug-likeness (QED) is 0.198. The predicted octanol–water partition coefficient (Wildman–Crippen LogP) is 8.93. The number of hydrogen-bond acceptors (Lipinski definition) is 5. The van der Waals surface area contributed by atoms with Gasteiger partial charge in [0.2, 0.25) is 0 Å².